The Morgan fingerprint density at radius 1 is 1.00 bits per heavy atom. The molecule has 142 valence electrons. The van der Waals surface area contributed by atoms with E-state index in [-0.39, 0.29) is 11.7 Å². The number of carboxylic acid groups (broad SMARTS) is 1. The maximum atomic E-state index is 12.0. The van der Waals surface area contributed by atoms with Crippen molar-refractivity contribution in [3.63, 3.8) is 0 Å². The first-order chi connectivity index (χ1) is 13.5. The quantitative estimate of drug-likeness (QED) is 0.688. The van der Waals surface area contributed by atoms with E-state index in [4.69, 9.17) is 4.74 Å². The minimum Gasteiger partial charge on any atom is -0.477 e. The number of carboxylic acids is 1. The van der Waals surface area contributed by atoms with Crippen molar-refractivity contribution in [2.75, 3.05) is 7.11 Å². The van der Waals surface area contributed by atoms with Crippen LogP contribution in [-0.4, -0.2) is 33.7 Å². The molecule has 4 rings (SSSR count). The van der Waals surface area contributed by atoms with Crippen LogP contribution in [0.25, 0.3) is 22.4 Å². The SMILES string of the molecule is COC(=O)C1(c2ccc(-c3ccc(-c4ncn(C)c4C(=O)O)cc3)cc2)CC1. The Labute approximate surface area is 162 Å². The van der Waals surface area contributed by atoms with Gasteiger partial charge in [0.05, 0.1) is 18.9 Å². The summed E-state index contributed by atoms with van der Waals surface area (Å²) in [7, 11) is 3.09. The molecule has 1 aromatic heterocycles. The molecule has 3 aromatic rings. The number of aromatic nitrogens is 2. The van der Waals surface area contributed by atoms with E-state index in [1.807, 2.05) is 48.5 Å². The van der Waals surface area contributed by atoms with Crippen LogP contribution in [0.3, 0.4) is 0 Å². The molecule has 1 heterocycles. The zero-order valence-electron chi connectivity index (χ0n) is 15.7. The van der Waals surface area contributed by atoms with E-state index in [2.05, 4.69) is 4.98 Å². The molecule has 0 aliphatic heterocycles. The minimum atomic E-state index is -1.01. The maximum absolute atomic E-state index is 12.0. The fourth-order valence-electron chi connectivity index (χ4n) is 3.63. The zero-order valence-corrected chi connectivity index (χ0v) is 15.7. The van der Waals surface area contributed by atoms with Crippen molar-refractivity contribution < 1.29 is 19.4 Å². The second-order valence-electron chi connectivity index (χ2n) is 7.09. The summed E-state index contributed by atoms with van der Waals surface area (Å²) in [4.78, 5) is 27.7. The van der Waals surface area contributed by atoms with E-state index in [9.17, 15) is 14.7 Å². The molecule has 0 amide bonds. The molecule has 28 heavy (non-hydrogen) atoms. The fourth-order valence-corrected chi connectivity index (χ4v) is 3.63. The van der Waals surface area contributed by atoms with Crippen LogP contribution in [0.15, 0.2) is 54.9 Å². The Morgan fingerprint density at radius 3 is 2.04 bits per heavy atom. The molecule has 6 nitrogen and oxygen atoms in total. The van der Waals surface area contributed by atoms with Gasteiger partial charge in [-0.2, -0.15) is 0 Å². The molecule has 0 spiro atoms. The van der Waals surface area contributed by atoms with Crippen LogP contribution in [0.2, 0.25) is 0 Å². The summed E-state index contributed by atoms with van der Waals surface area (Å²) >= 11 is 0. The lowest BCUT2D eigenvalue weighted by molar-refractivity contribution is -0.143. The molecular weight excluding hydrogens is 356 g/mol. The normalized spacial score (nSPS) is 14.5. The van der Waals surface area contributed by atoms with Crippen LogP contribution >= 0.6 is 0 Å². The largest absolute Gasteiger partial charge is 0.477 e. The smallest absolute Gasteiger partial charge is 0.354 e. The molecule has 6 heteroatoms. The highest BCUT2D eigenvalue weighted by molar-refractivity contribution is 5.93. The number of ether oxygens (including phenoxy) is 1. The third-order valence-electron chi connectivity index (χ3n) is 5.39. The number of benzene rings is 2. The van der Waals surface area contributed by atoms with Gasteiger partial charge in [0, 0.05) is 12.6 Å². The molecule has 0 atom stereocenters. The van der Waals surface area contributed by atoms with Crippen LogP contribution < -0.4 is 0 Å². The molecule has 2 aromatic carbocycles. The van der Waals surface area contributed by atoms with Gasteiger partial charge in [0.15, 0.2) is 5.69 Å². The monoisotopic (exact) mass is 376 g/mol. The number of imidazole rings is 1. The minimum absolute atomic E-state index is 0.162. The van der Waals surface area contributed by atoms with Crippen molar-refractivity contribution in [3.8, 4) is 22.4 Å². The first-order valence-corrected chi connectivity index (χ1v) is 9.00. The molecule has 0 bridgehead atoms. The number of rotatable bonds is 5. The van der Waals surface area contributed by atoms with Gasteiger partial charge in [0.25, 0.3) is 0 Å². The predicted octanol–water partition coefficient (Wildman–Crippen LogP) is 3.66. The van der Waals surface area contributed by atoms with Crippen molar-refractivity contribution in [3.05, 3.63) is 66.1 Å². The highest BCUT2D eigenvalue weighted by atomic mass is 16.5. The van der Waals surface area contributed by atoms with Crippen LogP contribution in [0.1, 0.15) is 28.9 Å². The molecule has 0 saturated heterocycles. The number of aromatic carboxylic acids is 1. The first-order valence-electron chi connectivity index (χ1n) is 9.00. The van der Waals surface area contributed by atoms with E-state index < -0.39 is 11.4 Å². The van der Waals surface area contributed by atoms with Crippen LogP contribution in [0, 0.1) is 0 Å². The molecule has 1 aliphatic rings. The second kappa shape index (κ2) is 6.64. The highest BCUT2D eigenvalue weighted by Gasteiger charge is 2.52. The van der Waals surface area contributed by atoms with Gasteiger partial charge in [0.1, 0.15) is 5.69 Å². The Morgan fingerprint density at radius 2 is 1.54 bits per heavy atom. The number of aryl methyl sites for hydroxylation is 1. The number of methoxy groups -OCH3 is 1. The van der Waals surface area contributed by atoms with Gasteiger partial charge >= 0.3 is 11.9 Å². The maximum Gasteiger partial charge on any atom is 0.354 e. The Balaban J connectivity index is 1.60. The van der Waals surface area contributed by atoms with Crippen molar-refractivity contribution in [1.82, 2.24) is 9.55 Å². The summed E-state index contributed by atoms with van der Waals surface area (Å²) in [6.07, 6.45) is 3.15. The average Bonchev–Trinajstić information content (AvgIpc) is 3.43. The summed E-state index contributed by atoms with van der Waals surface area (Å²) in [5.74, 6) is -1.18. The summed E-state index contributed by atoms with van der Waals surface area (Å²) in [5, 5.41) is 9.39. The Kier molecular flexibility index (Phi) is 4.26. The second-order valence-corrected chi connectivity index (χ2v) is 7.09. The van der Waals surface area contributed by atoms with Crippen molar-refractivity contribution >= 4 is 11.9 Å². The number of carbonyl (C=O) groups is 2. The van der Waals surface area contributed by atoms with E-state index in [0.717, 1.165) is 35.1 Å². The summed E-state index contributed by atoms with van der Waals surface area (Å²) in [5.41, 5.74) is 3.91. The average molecular weight is 376 g/mol. The van der Waals surface area contributed by atoms with E-state index >= 15 is 0 Å². The third kappa shape index (κ3) is 2.87. The number of hydrogen-bond donors (Lipinski definition) is 1. The van der Waals surface area contributed by atoms with E-state index in [1.165, 1.54) is 18.0 Å². The van der Waals surface area contributed by atoms with Gasteiger partial charge in [-0.05, 0) is 29.5 Å². The molecule has 1 fully saturated rings. The van der Waals surface area contributed by atoms with Crippen LogP contribution in [0.4, 0.5) is 0 Å². The first kappa shape index (κ1) is 18.0. The van der Waals surface area contributed by atoms with Crippen molar-refractivity contribution in [2.24, 2.45) is 7.05 Å². The highest BCUT2D eigenvalue weighted by Crippen LogP contribution is 2.49. The van der Waals surface area contributed by atoms with Crippen LogP contribution in [-0.2, 0) is 22.0 Å². The Hall–Kier alpha value is -3.41. The van der Waals surface area contributed by atoms with Gasteiger partial charge in [0.2, 0.25) is 0 Å². The van der Waals surface area contributed by atoms with Crippen LogP contribution in [0.5, 0.6) is 0 Å². The summed E-state index contributed by atoms with van der Waals surface area (Å²) in [6, 6.07) is 15.6. The predicted molar refractivity (Wildman–Crippen MR) is 104 cm³/mol. The van der Waals surface area contributed by atoms with Gasteiger partial charge < -0.3 is 14.4 Å². The van der Waals surface area contributed by atoms with Crippen molar-refractivity contribution in [1.29, 1.82) is 0 Å². The van der Waals surface area contributed by atoms with E-state index in [1.54, 1.807) is 7.05 Å². The standard InChI is InChI=1S/C22H20N2O4/c1-24-13-23-18(19(24)20(25)26)16-5-3-14(4-6-16)15-7-9-17(10-8-15)22(11-12-22)21(27)28-2/h3-10,13H,11-12H2,1-2H3,(H,25,26). The summed E-state index contributed by atoms with van der Waals surface area (Å²) in [6.45, 7) is 0. The van der Waals surface area contributed by atoms with Gasteiger partial charge in [-0.15, -0.1) is 0 Å². The molecule has 0 radical (unpaired) electrons. The molecular formula is C22H20N2O4. The van der Waals surface area contributed by atoms with Gasteiger partial charge in [-0.25, -0.2) is 9.78 Å². The van der Waals surface area contributed by atoms with Gasteiger partial charge in [-0.3, -0.25) is 4.79 Å². The van der Waals surface area contributed by atoms with Gasteiger partial charge in [-0.1, -0.05) is 48.5 Å². The molecule has 0 unspecified atom stereocenters. The summed E-state index contributed by atoms with van der Waals surface area (Å²) < 4.78 is 6.44. The lowest BCUT2D eigenvalue weighted by Crippen LogP contribution is -2.21. The number of carbonyl (C=O) groups excluding carboxylic acids is 1. The number of esters is 1. The van der Waals surface area contributed by atoms with E-state index in [0.29, 0.717) is 5.69 Å². The van der Waals surface area contributed by atoms with Crippen molar-refractivity contribution in [2.45, 2.75) is 18.3 Å². The lowest BCUT2D eigenvalue weighted by Gasteiger charge is -2.13. The Bertz CT molecular complexity index is 1050. The molecule has 1 N–H and O–H groups in total. The zero-order chi connectivity index (χ0) is 19.9. The molecule has 1 aliphatic carbocycles. The topological polar surface area (TPSA) is 81.4 Å². The lowest BCUT2D eigenvalue weighted by atomic mass is 9.93. The third-order valence-corrected chi connectivity index (χ3v) is 5.39. The number of nitrogens with zero attached hydrogens (tertiary/aromatic N) is 2. The molecule has 1 saturated carbocycles. The fraction of sp³-hybridized carbons (Fsp3) is 0.227. The number of hydrogen-bond acceptors (Lipinski definition) is 4.